The molecule has 0 radical (unpaired) electrons. The highest BCUT2D eigenvalue weighted by Gasteiger charge is 2.01. The van der Waals surface area contributed by atoms with Gasteiger partial charge in [0, 0.05) is 0 Å². The Morgan fingerprint density at radius 3 is 0.857 bits per heavy atom. The molecule has 0 aliphatic rings. The second-order valence-electron chi connectivity index (χ2n) is 10.3. The lowest BCUT2D eigenvalue weighted by Gasteiger charge is -2.07. The van der Waals surface area contributed by atoms with Gasteiger partial charge in [0.15, 0.2) is 0 Å². The standard InChI is InChI=1S/2C17H20.CH4/c2*1-13(2)12-15-6-10-17(11-7-15)16-8-4-14(3)5-9-16;/h2*4-11,13H,12H2,1-3H3;1H4. The molecule has 0 saturated carbocycles. The SMILES string of the molecule is C.Cc1ccc(-c2ccc(CC(C)C)cc2)cc1.Cc1ccc(-c2ccc(CC(C)C)cc2)cc1. The molecule has 0 bridgehead atoms. The van der Waals surface area contributed by atoms with Crippen molar-refractivity contribution in [2.75, 3.05) is 0 Å². The van der Waals surface area contributed by atoms with Crippen molar-refractivity contribution in [3.8, 4) is 22.3 Å². The van der Waals surface area contributed by atoms with Crippen molar-refractivity contribution in [1.82, 2.24) is 0 Å². The lowest BCUT2D eigenvalue weighted by molar-refractivity contribution is 0.647. The van der Waals surface area contributed by atoms with Crippen LogP contribution in [0.25, 0.3) is 22.3 Å². The Hall–Kier alpha value is -3.12. The molecular formula is C35H44. The molecule has 0 heteroatoms. The summed E-state index contributed by atoms with van der Waals surface area (Å²) in [6, 6.07) is 35.3. The van der Waals surface area contributed by atoms with Gasteiger partial charge < -0.3 is 0 Å². The van der Waals surface area contributed by atoms with Crippen molar-refractivity contribution in [2.45, 2.75) is 61.8 Å². The molecule has 35 heavy (non-hydrogen) atoms. The molecule has 0 atom stereocenters. The number of benzene rings is 4. The van der Waals surface area contributed by atoms with E-state index in [1.54, 1.807) is 0 Å². The maximum atomic E-state index is 2.26. The van der Waals surface area contributed by atoms with Gasteiger partial charge in [-0.05, 0) is 71.9 Å². The molecule has 4 aromatic rings. The fourth-order valence-electron chi connectivity index (χ4n) is 4.10. The summed E-state index contributed by atoms with van der Waals surface area (Å²) in [5, 5.41) is 0. The van der Waals surface area contributed by atoms with E-state index in [1.807, 2.05) is 0 Å². The second-order valence-corrected chi connectivity index (χ2v) is 10.3. The zero-order chi connectivity index (χ0) is 24.5. The highest BCUT2D eigenvalue weighted by Crippen LogP contribution is 2.22. The molecule has 0 aliphatic carbocycles. The minimum atomic E-state index is 0. The number of hydrogen-bond acceptors (Lipinski definition) is 0. The summed E-state index contributed by atoms with van der Waals surface area (Å²) < 4.78 is 0. The molecule has 0 aromatic heterocycles. The van der Waals surface area contributed by atoms with Crippen molar-refractivity contribution in [2.24, 2.45) is 11.8 Å². The van der Waals surface area contributed by atoms with E-state index in [-0.39, 0.29) is 7.43 Å². The second kappa shape index (κ2) is 13.7. The number of hydrogen-bond donors (Lipinski definition) is 0. The quantitative estimate of drug-likeness (QED) is 0.266. The normalized spacial score (nSPS) is 10.5. The van der Waals surface area contributed by atoms with Crippen LogP contribution in [0, 0.1) is 25.7 Å². The minimum absolute atomic E-state index is 0. The third kappa shape index (κ3) is 9.21. The van der Waals surface area contributed by atoms with Gasteiger partial charge in [0.2, 0.25) is 0 Å². The first-order valence-corrected chi connectivity index (χ1v) is 12.6. The summed E-state index contributed by atoms with van der Waals surface area (Å²) in [5.41, 5.74) is 10.7. The number of aryl methyl sites for hydroxylation is 2. The van der Waals surface area contributed by atoms with Crippen molar-refractivity contribution >= 4 is 0 Å². The fraction of sp³-hybridized carbons (Fsp3) is 0.314. The predicted molar refractivity (Wildman–Crippen MR) is 157 cm³/mol. The van der Waals surface area contributed by atoms with Gasteiger partial charge >= 0.3 is 0 Å². The van der Waals surface area contributed by atoms with Gasteiger partial charge in [0.1, 0.15) is 0 Å². The van der Waals surface area contributed by atoms with E-state index in [9.17, 15) is 0 Å². The lowest BCUT2D eigenvalue weighted by Crippen LogP contribution is -1.93. The van der Waals surface area contributed by atoms with E-state index in [4.69, 9.17) is 0 Å². The van der Waals surface area contributed by atoms with Gasteiger partial charge in [-0.3, -0.25) is 0 Å². The summed E-state index contributed by atoms with van der Waals surface area (Å²) in [7, 11) is 0. The first-order chi connectivity index (χ1) is 16.3. The van der Waals surface area contributed by atoms with Gasteiger partial charge in [0.25, 0.3) is 0 Å². The zero-order valence-electron chi connectivity index (χ0n) is 21.8. The van der Waals surface area contributed by atoms with Crippen LogP contribution in [0.1, 0.15) is 57.4 Å². The molecular weight excluding hydrogens is 420 g/mol. The Balaban J connectivity index is 0.000000240. The van der Waals surface area contributed by atoms with Gasteiger partial charge in [-0.2, -0.15) is 0 Å². The summed E-state index contributed by atoms with van der Waals surface area (Å²) in [6.45, 7) is 13.3. The summed E-state index contributed by atoms with van der Waals surface area (Å²) in [5.74, 6) is 1.44. The van der Waals surface area contributed by atoms with E-state index >= 15 is 0 Å². The summed E-state index contributed by atoms with van der Waals surface area (Å²) in [4.78, 5) is 0. The largest absolute Gasteiger partial charge is 0.0776 e. The molecule has 0 unspecified atom stereocenters. The maximum Gasteiger partial charge on any atom is -0.0184 e. The minimum Gasteiger partial charge on any atom is -0.0776 e. The molecule has 0 N–H and O–H groups in total. The predicted octanol–water partition coefficient (Wildman–Crippen LogP) is 10.4. The smallest absolute Gasteiger partial charge is 0.0184 e. The van der Waals surface area contributed by atoms with Crippen LogP contribution in [0.5, 0.6) is 0 Å². The molecule has 4 rings (SSSR count). The van der Waals surface area contributed by atoms with Gasteiger partial charge in [0.05, 0.1) is 0 Å². The molecule has 0 aliphatic heterocycles. The molecule has 0 fully saturated rings. The Morgan fingerprint density at radius 2 is 0.629 bits per heavy atom. The van der Waals surface area contributed by atoms with E-state index in [2.05, 4.69) is 139 Å². The van der Waals surface area contributed by atoms with Gasteiger partial charge in [-0.1, -0.05) is 143 Å². The maximum absolute atomic E-state index is 2.26. The van der Waals surface area contributed by atoms with Crippen LogP contribution >= 0.6 is 0 Å². The molecule has 0 spiro atoms. The van der Waals surface area contributed by atoms with E-state index in [0.717, 1.165) is 24.7 Å². The van der Waals surface area contributed by atoms with E-state index in [1.165, 1.54) is 44.5 Å². The highest BCUT2D eigenvalue weighted by atomic mass is 14.1. The molecule has 0 saturated heterocycles. The van der Waals surface area contributed by atoms with Crippen molar-refractivity contribution in [3.05, 3.63) is 119 Å². The van der Waals surface area contributed by atoms with Crippen molar-refractivity contribution in [1.29, 1.82) is 0 Å². The lowest BCUT2D eigenvalue weighted by atomic mass is 9.99. The molecule has 4 aromatic carbocycles. The third-order valence-electron chi connectivity index (χ3n) is 5.97. The fourth-order valence-corrected chi connectivity index (χ4v) is 4.10. The van der Waals surface area contributed by atoms with Crippen LogP contribution in [0.4, 0.5) is 0 Å². The Labute approximate surface area is 215 Å². The molecule has 184 valence electrons. The molecule has 0 amide bonds. The van der Waals surface area contributed by atoms with Gasteiger partial charge in [-0.25, -0.2) is 0 Å². The first-order valence-electron chi connectivity index (χ1n) is 12.6. The Bertz CT molecular complexity index is 1020. The first kappa shape index (κ1) is 28.1. The van der Waals surface area contributed by atoms with Crippen molar-refractivity contribution < 1.29 is 0 Å². The highest BCUT2D eigenvalue weighted by molar-refractivity contribution is 5.64. The van der Waals surface area contributed by atoms with Crippen LogP contribution in [-0.2, 0) is 12.8 Å². The van der Waals surface area contributed by atoms with Crippen molar-refractivity contribution in [3.63, 3.8) is 0 Å². The van der Waals surface area contributed by atoms with Gasteiger partial charge in [-0.15, -0.1) is 0 Å². The Kier molecular flexibility index (Phi) is 11.0. The number of rotatable bonds is 6. The van der Waals surface area contributed by atoms with Crippen LogP contribution in [0.15, 0.2) is 97.1 Å². The van der Waals surface area contributed by atoms with E-state index in [0.29, 0.717) is 0 Å². The Morgan fingerprint density at radius 1 is 0.400 bits per heavy atom. The third-order valence-corrected chi connectivity index (χ3v) is 5.97. The molecule has 0 nitrogen and oxygen atoms in total. The summed E-state index contributed by atoms with van der Waals surface area (Å²) >= 11 is 0. The van der Waals surface area contributed by atoms with Crippen LogP contribution < -0.4 is 0 Å². The van der Waals surface area contributed by atoms with Crippen LogP contribution in [0.3, 0.4) is 0 Å². The summed E-state index contributed by atoms with van der Waals surface area (Å²) in [6.07, 6.45) is 2.32. The van der Waals surface area contributed by atoms with Crippen LogP contribution in [0.2, 0.25) is 0 Å². The van der Waals surface area contributed by atoms with Crippen LogP contribution in [-0.4, -0.2) is 0 Å². The average Bonchev–Trinajstić information content (AvgIpc) is 2.81. The zero-order valence-corrected chi connectivity index (χ0v) is 21.8. The molecule has 0 heterocycles. The monoisotopic (exact) mass is 464 g/mol. The average molecular weight is 465 g/mol. The topological polar surface area (TPSA) is 0 Å². The van der Waals surface area contributed by atoms with E-state index < -0.39 is 0 Å².